The Balaban J connectivity index is 1.88. The third kappa shape index (κ3) is 3.73. The molecular weight excluding hydrogens is 304 g/mol. The molecule has 1 amide bonds. The van der Waals surface area contributed by atoms with Crippen LogP contribution in [-0.2, 0) is 4.79 Å². The minimum Gasteiger partial charge on any atom is -0.424 e. The average molecular weight is 320 g/mol. The van der Waals surface area contributed by atoms with E-state index in [1.165, 1.54) is 6.92 Å². The fraction of sp³-hybridized carbons (Fsp3) is 0.111. The number of anilines is 1. The van der Waals surface area contributed by atoms with Crippen LogP contribution in [0.2, 0.25) is 0 Å². The Hall–Kier alpha value is -3.28. The van der Waals surface area contributed by atoms with Crippen molar-refractivity contribution >= 4 is 11.6 Å². The molecule has 0 aliphatic heterocycles. The minimum atomic E-state index is -0.139. The minimum absolute atomic E-state index is 0.139. The number of amides is 1. The van der Waals surface area contributed by atoms with Crippen molar-refractivity contribution in [1.29, 1.82) is 0 Å². The number of carbonyl (C=O) groups excluding carboxylic acids is 1. The average Bonchev–Trinajstić information content (AvgIpc) is 2.58. The van der Waals surface area contributed by atoms with Crippen molar-refractivity contribution < 1.29 is 9.53 Å². The summed E-state index contributed by atoms with van der Waals surface area (Å²) in [7, 11) is 0. The molecule has 2 heterocycles. The molecule has 1 aromatic carbocycles. The van der Waals surface area contributed by atoms with Gasteiger partial charge in [-0.25, -0.2) is 4.98 Å². The Bertz CT molecular complexity index is 866. The molecule has 24 heavy (non-hydrogen) atoms. The zero-order valence-corrected chi connectivity index (χ0v) is 13.4. The molecule has 0 bridgehead atoms. The van der Waals surface area contributed by atoms with Crippen LogP contribution < -0.4 is 10.1 Å². The Kier molecular flexibility index (Phi) is 4.47. The van der Waals surface area contributed by atoms with Crippen LogP contribution in [-0.4, -0.2) is 20.9 Å². The number of aromatic nitrogens is 3. The highest BCUT2D eigenvalue weighted by atomic mass is 16.5. The maximum atomic E-state index is 11.2. The summed E-state index contributed by atoms with van der Waals surface area (Å²) < 4.78 is 5.80. The van der Waals surface area contributed by atoms with Crippen molar-refractivity contribution in [3.8, 4) is 23.0 Å². The molecule has 120 valence electrons. The number of aryl methyl sites for hydroxylation is 1. The summed E-state index contributed by atoms with van der Waals surface area (Å²) in [5, 5.41) is 2.73. The normalized spacial score (nSPS) is 10.2. The van der Waals surface area contributed by atoms with Crippen molar-refractivity contribution in [2.75, 3.05) is 5.32 Å². The first kappa shape index (κ1) is 15.6. The van der Waals surface area contributed by atoms with E-state index in [-0.39, 0.29) is 11.9 Å². The zero-order chi connectivity index (χ0) is 16.9. The molecule has 1 N–H and O–H groups in total. The zero-order valence-electron chi connectivity index (χ0n) is 13.4. The summed E-state index contributed by atoms with van der Waals surface area (Å²) >= 11 is 0. The Labute approximate surface area is 139 Å². The van der Waals surface area contributed by atoms with Crippen LogP contribution in [0.15, 0.2) is 55.0 Å². The van der Waals surface area contributed by atoms with Crippen molar-refractivity contribution in [2.45, 2.75) is 13.8 Å². The van der Waals surface area contributed by atoms with Gasteiger partial charge in [0.2, 0.25) is 5.91 Å². The largest absolute Gasteiger partial charge is 0.424 e. The molecule has 0 radical (unpaired) electrons. The molecular formula is C18H16N4O2. The lowest BCUT2D eigenvalue weighted by molar-refractivity contribution is -0.114. The van der Waals surface area contributed by atoms with Crippen LogP contribution in [0, 0.1) is 6.92 Å². The van der Waals surface area contributed by atoms with Gasteiger partial charge >= 0.3 is 6.01 Å². The summed E-state index contributed by atoms with van der Waals surface area (Å²) in [6, 6.07) is 11.2. The van der Waals surface area contributed by atoms with E-state index in [1.807, 2.05) is 31.2 Å². The first-order chi connectivity index (χ1) is 11.6. The van der Waals surface area contributed by atoms with Crippen LogP contribution in [0.4, 0.5) is 5.69 Å². The Morgan fingerprint density at radius 3 is 2.79 bits per heavy atom. The third-order valence-corrected chi connectivity index (χ3v) is 3.30. The fourth-order valence-corrected chi connectivity index (χ4v) is 2.15. The summed E-state index contributed by atoms with van der Waals surface area (Å²) in [4.78, 5) is 23.8. The van der Waals surface area contributed by atoms with Gasteiger partial charge in [0, 0.05) is 42.8 Å². The first-order valence-electron chi connectivity index (χ1n) is 7.41. The van der Waals surface area contributed by atoms with Crippen molar-refractivity contribution in [3.05, 3.63) is 60.6 Å². The molecule has 0 aliphatic rings. The molecule has 3 rings (SSSR count). The Morgan fingerprint density at radius 1 is 1.17 bits per heavy atom. The summed E-state index contributed by atoms with van der Waals surface area (Å²) in [5.41, 5.74) is 3.18. The number of benzene rings is 1. The smallest absolute Gasteiger partial charge is 0.322 e. The maximum Gasteiger partial charge on any atom is 0.322 e. The lowest BCUT2D eigenvalue weighted by atomic mass is 10.2. The topological polar surface area (TPSA) is 77.0 Å². The number of ether oxygens (including phenoxy) is 1. The number of rotatable bonds is 4. The second-order valence-corrected chi connectivity index (χ2v) is 5.23. The van der Waals surface area contributed by atoms with Crippen molar-refractivity contribution in [2.24, 2.45) is 0 Å². The predicted molar refractivity (Wildman–Crippen MR) is 90.8 cm³/mol. The van der Waals surface area contributed by atoms with Gasteiger partial charge in [-0.2, -0.15) is 4.98 Å². The number of nitrogens with zero attached hydrogens (tertiary/aromatic N) is 3. The molecule has 0 saturated carbocycles. The van der Waals surface area contributed by atoms with E-state index in [9.17, 15) is 4.79 Å². The van der Waals surface area contributed by atoms with Crippen molar-refractivity contribution in [1.82, 2.24) is 15.0 Å². The van der Waals surface area contributed by atoms with Gasteiger partial charge < -0.3 is 10.1 Å². The third-order valence-electron chi connectivity index (χ3n) is 3.30. The van der Waals surface area contributed by atoms with Gasteiger partial charge in [-0.05, 0) is 36.8 Å². The highest BCUT2D eigenvalue weighted by Crippen LogP contribution is 2.27. The lowest BCUT2D eigenvalue weighted by Crippen LogP contribution is -2.06. The number of pyridine rings is 1. The molecule has 0 spiro atoms. The van der Waals surface area contributed by atoms with Gasteiger partial charge in [0.1, 0.15) is 5.75 Å². The van der Waals surface area contributed by atoms with E-state index in [4.69, 9.17) is 4.74 Å². The van der Waals surface area contributed by atoms with E-state index >= 15 is 0 Å². The van der Waals surface area contributed by atoms with Crippen molar-refractivity contribution in [3.63, 3.8) is 0 Å². The highest BCUT2D eigenvalue weighted by molar-refractivity contribution is 5.88. The van der Waals surface area contributed by atoms with Gasteiger partial charge in [-0.3, -0.25) is 9.78 Å². The van der Waals surface area contributed by atoms with Crippen LogP contribution in [0.1, 0.15) is 12.5 Å². The number of nitrogens with one attached hydrogen (secondary N) is 1. The SMILES string of the molecule is CC(=O)Nc1ccc(C)c(Oc2nccc(-c3cccnc3)n2)c1. The van der Waals surface area contributed by atoms with E-state index in [0.29, 0.717) is 11.4 Å². The van der Waals surface area contributed by atoms with E-state index in [1.54, 1.807) is 30.7 Å². The van der Waals surface area contributed by atoms with E-state index in [2.05, 4.69) is 20.3 Å². The van der Waals surface area contributed by atoms with Gasteiger partial charge in [0.25, 0.3) is 0 Å². The molecule has 0 unspecified atom stereocenters. The summed E-state index contributed by atoms with van der Waals surface area (Å²) in [6.45, 7) is 3.37. The fourth-order valence-electron chi connectivity index (χ4n) is 2.15. The monoisotopic (exact) mass is 320 g/mol. The second-order valence-electron chi connectivity index (χ2n) is 5.23. The van der Waals surface area contributed by atoms with Gasteiger partial charge in [0.05, 0.1) is 5.69 Å². The lowest BCUT2D eigenvalue weighted by Gasteiger charge is -2.10. The quantitative estimate of drug-likeness (QED) is 0.795. The molecule has 0 saturated heterocycles. The molecule has 0 fully saturated rings. The van der Waals surface area contributed by atoms with Crippen LogP contribution in [0.5, 0.6) is 11.8 Å². The molecule has 2 aromatic heterocycles. The molecule has 0 aliphatic carbocycles. The van der Waals surface area contributed by atoms with E-state index < -0.39 is 0 Å². The molecule has 6 heteroatoms. The van der Waals surface area contributed by atoms with Crippen LogP contribution >= 0.6 is 0 Å². The highest BCUT2D eigenvalue weighted by Gasteiger charge is 2.08. The number of hydrogen-bond donors (Lipinski definition) is 1. The van der Waals surface area contributed by atoms with Crippen LogP contribution in [0.25, 0.3) is 11.3 Å². The molecule has 3 aromatic rings. The molecule has 6 nitrogen and oxygen atoms in total. The first-order valence-corrected chi connectivity index (χ1v) is 7.41. The molecule has 0 atom stereocenters. The van der Waals surface area contributed by atoms with Gasteiger partial charge in [0.15, 0.2) is 0 Å². The van der Waals surface area contributed by atoms with E-state index in [0.717, 1.165) is 16.8 Å². The predicted octanol–water partition coefficient (Wildman–Crippen LogP) is 3.60. The second kappa shape index (κ2) is 6.87. The van der Waals surface area contributed by atoms with Crippen LogP contribution in [0.3, 0.4) is 0 Å². The maximum absolute atomic E-state index is 11.2. The van der Waals surface area contributed by atoms with Gasteiger partial charge in [-0.15, -0.1) is 0 Å². The number of hydrogen-bond acceptors (Lipinski definition) is 5. The Morgan fingerprint density at radius 2 is 2.04 bits per heavy atom. The standard InChI is InChI=1S/C18H16N4O2/c1-12-5-6-15(21-13(2)23)10-17(12)24-18-20-9-7-16(22-18)14-4-3-8-19-11-14/h3-11H,1-2H3,(H,21,23). The van der Waals surface area contributed by atoms with Gasteiger partial charge in [-0.1, -0.05) is 6.07 Å². The summed E-state index contributed by atoms with van der Waals surface area (Å²) in [6.07, 6.45) is 5.07. The summed E-state index contributed by atoms with van der Waals surface area (Å²) in [5.74, 6) is 0.448. The number of carbonyl (C=O) groups is 1.